The Hall–Kier alpha value is -3.18. The molecule has 1 aliphatic heterocycles. The van der Waals surface area contributed by atoms with Gasteiger partial charge in [-0.3, -0.25) is 4.79 Å². The molecule has 40 heavy (non-hydrogen) atoms. The van der Waals surface area contributed by atoms with Crippen LogP contribution in [0.5, 0.6) is 5.75 Å². The first-order valence-electron chi connectivity index (χ1n) is 15.0. The van der Waals surface area contributed by atoms with Gasteiger partial charge >= 0.3 is 0 Å². The highest BCUT2D eigenvalue weighted by atomic mass is 19.1. The van der Waals surface area contributed by atoms with Gasteiger partial charge in [0.1, 0.15) is 11.9 Å². The van der Waals surface area contributed by atoms with Gasteiger partial charge in [-0.05, 0) is 55.5 Å². The molecular weight excluding hydrogens is 499 g/mol. The first kappa shape index (κ1) is 28.4. The van der Waals surface area contributed by atoms with Crippen LogP contribution in [0, 0.1) is 11.8 Å². The highest BCUT2D eigenvalue weighted by Crippen LogP contribution is 2.54. The molecule has 3 aromatic carbocycles. The Balaban J connectivity index is 1.33. The molecule has 0 spiro atoms. The van der Waals surface area contributed by atoms with E-state index in [2.05, 4.69) is 67.3 Å². The Labute approximate surface area is 239 Å². The number of likely N-dealkylation sites (tertiary alicyclic amines) is 1. The number of hydrogen-bond donors (Lipinski definition) is 0. The lowest BCUT2D eigenvalue weighted by Gasteiger charge is -2.47. The zero-order chi connectivity index (χ0) is 28.0. The summed E-state index contributed by atoms with van der Waals surface area (Å²) >= 11 is 0. The molecule has 0 radical (unpaired) electrons. The van der Waals surface area contributed by atoms with Crippen molar-refractivity contribution in [3.8, 4) is 5.75 Å². The molecule has 5 heteroatoms. The molecule has 2 aliphatic rings. The van der Waals surface area contributed by atoms with E-state index in [9.17, 15) is 4.79 Å². The number of halogens is 1. The minimum absolute atomic E-state index is 0.0246. The monoisotopic (exact) mass is 542 g/mol. The fourth-order valence-corrected chi connectivity index (χ4v) is 7.12. The first-order chi connectivity index (χ1) is 19.6. The first-order valence-corrected chi connectivity index (χ1v) is 15.0. The molecule has 1 heterocycles. The summed E-state index contributed by atoms with van der Waals surface area (Å²) in [5, 5.41) is 0. The smallest absolute Gasteiger partial charge is 0.227 e. The number of nitrogens with zero attached hydrogens (tertiary/aromatic N) is 2. The van der Waals surface area contributed by atoms with Crippen LogP contribution < -0.4 is 4.74 Å². The Morgan fingerprint density at radius 3 is 2.20 bits per heavy atom. The summed E-state index contributed by atoms with van der Waals surface area (Å²) in [6, 6.07) is 29.0. The van der Waals surface area contributed by atoms with Gasteiger partial charge in [-0.2, -0.15) is 0 Å². The SMILES string of the molecule is CCN(CC)CCCOc1ccccc1CC(=O)N1C[C@@H]2[C@H](F)CCC(c3ccccc3)(c3ccccc3)[C@@H]2C1. The lowest BCUT2D eigenvalue weighted by atomic mass is 9.56. The van der Waals surface area contributed by atoms with Crippen molar-refractivity contribution in [2.75, 3.05) is 39.3 Å². The average molecular weight is 543 g/mol. The van der Waals surface area contributed by atoms with Gasteiger partial charge in [-0.25, -0.2) is 4.39 Å². The summed E-state index contributed by atoms with van der Waals surface area (Å²) in [5.74, 6) is 0.676. The maximum Gasteiger partial charge on any atom is 0.227 e. The van der Waals surface area contributed by atoms with E-state index in [0.29, 0.717) is 26.1 Å². The molecule has 4 nitrogen and oxygen atoms in total. The number of ether oxygens (including phenoxy) is 1. The van der Waals surface area contributed by atoms with Gasteiger partial charge in [0.15, 0.2) is 0 Å². The third kappa shape index (κ3) is 5.81. The number of alkyl halides is 1. The lowest BCUT2D eigenvalue weighted by Crippen LogP contribution is -2.47. The zero-order valence-electron chi connectivity index (χ0n) is 24.0. The molecule has 1 saturated carbocycles. The van der Waals surface area contributed by atoms with Gasteiger partial charge in [0.2, 0.25) is 5.91 Å². The summed E-state index contributed by atoms with van der Waals surface area (Å²) in [5.41, 5.74) is 3.04. The number of benzene rings is 3. The minimum Gasteiger partial charge on any atom is -0.493 e. The molecule has 1 amide bonds. The molecule has 0 bridgehead atoms. The fraction of sp³-hybridized carbons (Fsp3) is 0.457. The minimum atomic E-state index is -0.898. The third-order valence-corrected chi connectivity index (χ3v) is 9.29. The maximum atomic E-state index is 15.6. The van der Waals surface area contributed by atoms with Crippen LogP contribution in [0.1, 0.15) is 49.8 Å². The predicted octanol–water partition coefficient (Wildman–Crippen LogP) is 6.53. The van der Waals surface area contributed by atoms with E-state index >= 15 is 4.39 Å². The van der Waals surface area contributed by atoms with Gasteiger partial charge in [0, 0.05) is 36.5 Å². The molecular formula is C35H43FN2O2. The predicted molar refractivity (Wildman–Crippen MR) is 159 cm³/mol. The van der Waals surface area contributed by atoms with E-state index in [1.54, 1.807) is 0 Å². The van der Waals surface area contributed by atoms with Crippen molar-refractivity contribution in [2.45, 2.75) is 51.1 Å². The third-order valence-electron chi connectivity index (χ3n) is 9.29. The van der Waals surface area contributed by atoms with Crippen LogP contribution in [0.15, 0.2) is 84.9 Å². The second kappa shape index (κ2) is 13.0. The number of amides is 1. The summed E-state index contributed by atoms with van der Waals surface area (Å²) in [6.07, 6.45) is 1.57. The second-order valence-electron chi connectivity index (χ2n) is 11.3. The van der Waals surface area contributed by atoms with Crippen LogP contribution in [-0.4, -0.2) is 61.2 Å². The van der Waals surface area contributed by atoms with E-state index < -0.39 is 6.17 Å². The van der Waals surface area contributed by atoms with Crippen molar-refractivity contribution >= 4 is 5.91 Å². The van der Waals surface area contributed by atoms with E-state index in [4.69, 9.17) is 4.74 Å². The molecule has 3 aromatic rings. The number of carbonyl (C=O) groups is 1. The van der Waals surface area contributed by atoms with E-state index in [0.717, 1.165) is 43.8 Å². The van der Waals surface area contributed by atoms with Crippen molar-refractivity contribution < 1.29 is 13.9 Å². The quantitative estimate of drug-likeness (QED) is 0.258. The highest BCUT2D eigenvalue weighted by Gasteiger charge is 2.55. The van der Waals surface area contributed by atoms with Crippen LogP contribution in [0.3, 0.4) is 0 Å². The van der Waals surface area contributed by atoms with E-state index in [1.807, 2.05) is 41.3 Å². The van der Waals surface area contributed by atoms with Gasteiger partial charge < -0.3 is 14.5 Å². The van der Waals surface area contributed by atoms with Crippen LogP contribution in [0.4, 0.5) is 4.39 Å². The molecule has 2 fully saturated rings. The largest absolute Gasteiger partial charge is 0.493 e. The highest BCUT2D eigenvalue weighted by molar-refractivity contribution is 5.80. The van der Waals surface area contributed by atoms with Crippen molar-refractivity contribution in [3.05, 3.63) is 102 Å². The number of hydrogen-bond acceptors (Lipinski definition) is 3. The van der Waals surface area contributed by atoms with Crippen LogP contribution in [-0.2, 0) is 16.6 Å². The zero-order valence-corrected chi connectivity index (χ0v) is 24.0. The molecule has 0 N–H and O–H groups in total. The van der Waals surface area contributed by atoms with E-state index in [1.165, 1.54) is 11.1 Å². The summed E-state index contributed by atoms with van der Waals surface area (Å²) < 4.78 is 21.7. The topological polar surface area (TPSA) is 32.8 Å². The molecule has 5 rings (SSSR count). The molecule has 3 atom stereocenters. The van der Waals surface area contributed by atoms with Crippen molar-refractivity contribution in [2.24, 2.45) is 11.8 Å². The maximum absolute atomic E-state index is 15.6. The molecule has 1 saturated heterocycles. The Morgan fingerprint density at radius 1 is 0.925 bits per heavy atom. The Bertz CT molecular complexity index is 1190. The normalized spacial score (nSPS) is 21.8. The van der Waals surface area contributed by atoms with Crippen LogP contribution in [0.2, 0.25) is 0 Å². The van der Waals surface area contributed by atoms with Crippen molar-refractivity contribution in [1.29, 1.82) is 0 Å². The average Bonchev–Trinajstić information content (AvgIpc) is 3.47. The number of rotatable bonds is 11. The Morgan fingerprint density at radius 2 is 1.55 bits per heavy atom. The second-order valence-corrected chi connectivity index (χ2v) is 11.3. The summed E-state index contributed by atoms with van der Waals surface area (Å²) in [7, 11) is 0. The molecule has 212 valence electrons. The Kier molecular flexibility index (Phi) is 9.21. The summed E-state index contributed by atoms with van der Waals surface area (Å²) in [6.45, 7) is 9.09. The fourth-order valence-electron chi connectivity index (χ4n) is 7.12. The van der Waals surface area contributed by atoms with Crippen LogP contribution in [0.25, 0.3) is 0 Å². The number of para-hydroxylation sites is 1. The van der Waals surface area contributed by atoms with Crippen molar-refractivity contribution in [1.82, 2.24) is 9.80 Å². The van der Waals surface area contributed by atoms with Crippen LogP contribution >= 0.6 is 0 Å². The van der Waals surface area contributed by atoms with Gasteiger partial charge in [-0.15, -0.1) is 0 Å². The molecule has 0 unspecified atom stereocenters. The van der Waals surface area contributed by atoms with Crippen molar-refractivity contribution in [3.63, 3.8) is 0 Å². The molecule has 1 aliphatic carbocycles. The van der Waals surface area contributed by atoms with E-state index in [-0.39, 0.29) is 29.6 Å². The lowest BCUT2D eigenvalue weighted by molar-refractivity contribution is -0.129. The van der Waals surface area contributed by atoms with Gasteiger partial charge in [0.05, 0.1) is 13.0 Å². The van der Waals surface area contributed by atoms with Gasteiger partial charge in [-0.1, -0.05) is 92.7 Å². The number of carbonyl (C=O) groups excluding carboxylic acids is 1. The molecule has 0 aromatic heterocycles. The standard InChI is InChI=1S/C35H43FN2O2/c1-3-37(4-2)22-13-23-40-33-19-12-11-14-27(33)24-34(39)38-25-30-31(26-38)35(21-20-32(30)36,28-15-7-5-8-16-28)29-17-9-6-10-18-29/h5-12,14-19,30-32H,3-4,13,20-26H2,1-2H3/t30-,31+,32+/m0/s1. The van der Waals surface area contributed by atoms with Gasteiger partial charge in [0.25, 0.3) is 0 Å². The number of fused-ring (bicyclic) bond motifs is 1. The summed E-state index contributed by atoms with van der Waals surface area (Å²) in [4.78, 5) is 18.0.